The minimum absolute atomic E-state index is 0.179. The largest absolute Gasteiger partial charge is 0.382 e. The molecule has 0 spiro atoms. The Morgan fingerprint density at radius 1 is 1.31 bits per heavy atom. The minimum atomic E-state index is -3.50. The number of hydrogen-bond donors (Lipinski definition) is 0. The summed E-state index contributed by atoms with van der Waals surface area (Å²) in [4.78, 5) is 0. The van der Waals surface area contributed by atoms with Gasteiger partial charge >= 0.3 is 10.1 Å². The summed E-state index contributed by atoms with van der Waals surface area (Å²) in [5.41, 5.74) is 0. The molecule has 0 aromatic heterocycles. The maximum atomic E-state index is 11.1. The van der Waals surface area contributed by atoms with Crippen LogP contribution in [0.4, 0.5) is 0 Å². The van der Waals surface area contributed by atoms with Crippen molar-refractivity contribution in [2.75, 3.05) is 5.75 Å². The lowest BCUT2D eigenvalue weighted by Crippen LogP contribution is -2.11. The topological polar surface area (TPSA) is 43.4 Å². The summed E-state index contributed by atoms with van der Waals surface area (Å²) in [5.74, 6) is 0.145. The van der Waals surface area contributed by atoms with Gasteiger partial charge in [0, 0.05) is 0 Å². The van der Waals surface area contributed by atoms with E-state index in [1.54, 1.807) is 30.3 Å². The molecule has 13 heavy (non-hydrogen) atoms. The molecule has 0 aliphatic rings. The van der Waals surface area contributed by atoms with Gasteiger partial charge in [-0.15, -0.1) is 6.58 Å². The molecule has 0 saturated carbocycles. The summed E-state index contributed by atoms with van der Waals surface area (Å²) in [5, 5.41) is 0. The van der Waals surface area contributed by atoms with Crippen LogP contribution in [-0.2, 0) is 10.1 Å². The standard InChI is InChI=1S/C9H10O3S/c1-2-8-13(10,11)12-9-6-4-3-5-7-9/h2-7H,1,8H2. The molecule has 0 radical (unpaired) electrons. The van der Waals surface area contributed by atoms with E-state index >= 15 is 0 Å². The van der Waals surface area contributed by atoms with Gasteiger partial charge in [0.25, 0.3) is 0 Å². The molecule has 4 heteroatoms. The zero-order valence-corrected chi connectivity index (χ0v) is 7.83. The van der Waals surface area contributed by atoms with E-state index in [2.05, 4.69) is 6.58 Å². The van der Waals surface area contributed by atoms with Crippen molar-refractivity contribution in [1.29, 1.82) is 0 Å². The van der Waals surface area contributed by atoms with E-state index in [4.69, 9.17) is 4.18 Å². The van der Waals surface area contributed by atoms with Crippen LogP contribution in [0.2, 0.25) is 0 Å². The quantitative estimate of drug-likeness (QED) is 0.545. The van der Waals surface area contributed by atoms with E-state index in [1.807, 2.05) is 0 Å². The van der Waals surface area contributed by atoms with Gasteiger partial charge < -0.3 is 4.18 Å². The van der Waals surface area contributed by atoms with Crippen LogP contribution in [0.25, 0.3) is 0 Å². The zero-order valence-electron chi connectivity index (χ0n) is 7.01. The molecule has 1 rings (SSSR count). The van der Waals surface area contributed by atoms with Crippen LogP contribution >= 0.6 is 0 Å². The van der Waals surface area contributed by atoms with Crippen LogP contribution in [0.15, 0.2) is 43.0 Å². The smallest absolute Gasteiger partial charge is 0.312 e. The van der Waals surface area contributed by atoms with E-state index in [-0.39, 0.29) is 5.75 Å². The maximum Gasteiger partial charge on any atom is 0.312 e. The monoisotopic (exact) mass is 198 g/mol. The van der Waals surface area contributed by atoms with Gasteiger partial charge in [-0.25, -0.2) is 0 Å². The molecule has 0 aliphatic heterocycles. The Morgan fingerprint density at radius 2 is 1.92 bits per heavy atom. The zero-order chi connectivity index (χ0) is 9.73. The fraction of sp³-hybridized carbons (Fsp3) is 0.111. The van der Waals surface area contributed by atoms with Gasteiger partial charge in [0.05, 0.1) is 0 Å². The third kappa shape index (κ3) is 3.29. The average molecular weight is 198 g/mol. The van der Waals surface area contributed by atoms with Crippen molar-refractivity contribution in [3.05, 3.63) is 43.0 Å². The highest BCUT2D eigenvalue weighted by molar-refractivity contribution is 7.87. The summed E-state index contributed by atoms with van der Waals surface area (Å²) < 4.78 is 27.0. The number of para-hydroxylation sites is 1. The predicted octanol–water partition coefficient (Wildman–Crippen LogP) is 1.58. The molecular weight excluding hydrogens is 188 g/mol. The van der Waals surface area contributed by atoms with E-state index in [1.165, 1.54) is 6.08 Å². The molecule has 3 nitrogen and oxygen atoms in total. The van der Waals surface area contributed by atoms with Crippen LogP contribution in [0.3, 0.4) is 0 Å². The summed E-state index contributed by atoms with van der Waals surface area (Å²) in [7, 11) is -3.50. The van der Waals surface area contributed by atoms with Gasteiger partial charge in [-0.2, -0.15) is 8.42 Å². The van der Waals surface area contributed by atoms with Crippen molar-refractivity contribution < 1.29 is 12.6 Å². The third-order valence-corrected chi connectivity index (χ3v) is 2.38. The van der Waals surface area contributed by atoms with E-state index in [9.17, 15) is 8.42 Å². The molecule has 70 valence electrons. The fourth-order valence-electron chi connectivity index (χ4n) is 0.801. The normalized spacial score (nSPS) is 10.8. The number of hydrogen-bond acceptors (Lipinski definition) is 3. The first-order valence-corrected chi connectivity index (χ1v) is 5.30. The first kappa shape index (κ1) is 9.80. The van der Waals surface area contributed by atoms with E-state index in [0.717, 1.165) is 0 Å². The highest BCUT2D eigenvalue weighted by atomic mass is 32.2. The van der Waals surface area contributed by atoms with Crippen molar-refractivity contribution in [1.82, 2.24) is 0 Å². The average Bonchev–Trinajstić information content (AvgIpc) is 2.04. The van der Waals surface area contributed by atoms with E-state index in [0.29, 0.717) is 5.75 Å². The van der Waals surface area contributed by atoms with Crippen LogP contribution < -0.4 is 4.18 Å². The van der Waals surface area contributed by atoms with Gasteiger partial charge in [-0.05, 0) is 12.1 Å². The predicted molar refractivity (Wildman–Crippen MR) is 51.1 cm³/mol. The van der Waals surface area contributed by atoms with Crippen LogP contribution in [0, 0.1) is 0 Å². The Hall–Kier alpha value is -1.29. The molecule has 1 aromatic rings. The molecule has 0 amide bonds. The first-order chi connectivity index (χ1) is 6.14. The van der Waals surface area contributed by atoms with Crippen molar-refractivity contribution in [3.63, 3.8) is 0 Å². The SMILES string of the molecule is C=CCS(=O)(=O)Oc1ccccc1. The Balaban J connectivity index is 2.75. The van der Waals surface area contributed by atoms with Gasteiger partial charge in [-0.3, -0.25) is 0 Å². The summed E-state index contributed by atoms with van der Waals surface area (Å²) in [6.07, 6.45) is 1.29. The lowest BCUT2D eigenvalue weighted by atomic mass is 10.3. The highest BCUT2D eigenvalue weighted by Crippen LogP contribution is 2.11. The molecular formula is C9H10O3S. The minimum Gasteiger partial charge on any atom is -0.382 e. The molecule has 0 bridgehead atoms. The maximum absolute atomic E-state index is 11.1. The second-order valence-corrected chi connectivity index (χ2v) is 4.02. The summed E-state index contributed by atoms with van der Waals surface area (Å²) in [6.45, 7) is 3.33. The molecule has 0 saturated heterocycles. The Morgan fingerprint density at radius 3 is 2.46 bits per heavy atom. The van der Waals surface area contributed by atoms with Crippen LogP contribution in [0.1, 0.15) is 0 Å². The molecule has 0 unspecified atom stereocenters. The van der Waals surface area contributed by atoms with Gasteiger partial charge in [0.15, 0.2) is 0 Å². The lowest BCUT2D eigenvalue weighted by Gasteiger charge is -2.03. The molecule has 0 heterocycles. The summed E-state index contributed by atoms with van der Waals surface area (Å²) in [6, 6.07) is 8.37. The lowest BCUT2D eigenvalue weighted by molar-refractivity contribution is 0.489. The Labute approximate surface area is 77.8 Å². The van der Waals surface area contributed by atoms with Crippen molar-refractivity contribution >= 4 is 10.1 Å². The molecule has 0 N–H and O–H groups in total. The van der Waals surface area contributed by atoms with Gasteiger partial charge in [-0.1, -0.05) is 24.3 Å². The molecule has 1 aromatic carbocycles. The molecule has 0 atom stereocenters. The van der Waals surface area contributed by atoms with Gasteiger partial charge in [0.2, 0.25) is 0 Å². The highest BCUT2D eigenvalue weighted by Gasteiger charge is 2.08. The third-order valence-electron chi connectivity index (χ3n) is 1.29. The second kappa shape index (κ2) is 4.09. The Bertz CT molecular complexity index is 367. The number of rotatable bonds is 4. The second-order valence-electron chi connectivity index (χ2n) is 2.41. The van der Waals surface area contributed by atoms with Crippen LogP contribution in [-0.4, -0.2) is 14.2 Å². The van der Waals surface area contributed by atoms with E-state index < -0.39 is 10.1 Å². The molecule has 0 aliphatic carbocycles. The Kier molecular flexibility index (Phi) is 3.08. The molecule has 0 fully saturated rings. The summed E-state index contributed by atoms with van der Waals surface area (Å²) >= 11 is 0. The number of benzene rings is 1. The van der Waals surface area contributed by atoms with Crippen molar-refractivity contribution in [3.8, 4) is 5.75 Å². The fourth-order valence-corrected chi connectivity index (χ4v) is 1.56. The van der Waals surface area contributed by atoms with Crippen LogP contribution in [0.5, 0.6) is 5.75 Å². The first-order valence-electron chi connectivity index (χ1n) is 3.72. The van der Waals surface area contributed by atoms with Gasteiger partial charge in [0.1, 0.15) is 11.5 Å². The van der Waals surface area contributed by atoms with Crippen molar-refractivity contribution in [2.24, 2.45) is 0 Å². The van der Waals surface area contributed by atoms with Crippen molar-refractivity contribution in [2.45, 2.75) is 0 Å².